The first-order chi connectivity index (χ1) is 4.63. The van der Waals surface area contributed by atoms with E-state index in [1.807, 2.05) is 0 Å². The number of aliphatic carboxylic acids is 1. The molecule has 0 saturated carbocycles. The number of carbonyl (C=O) groups is 1. The zero-order valence-corrected chi connectivity index (χ0v) is 7.86. The lowest BCUT2D eigenvalue weighted by atomic mass is 10.8. The van der Waals surface area contributed by atoms with Crippen LogP contribution in [0.5, 0.6) is 0 Å². The van der Waals surface area contributed by atoms with E-state index in [0.29, 0.717) is 0 Å². The highest BCUT2D eigenvalue weighted by atomic mass is 35.5. The summed E-state index contributed by atoms with van der Waals surface area (Å²) in [6.45, 7) is 0. The van der Waals surface area contributed by atoms with E-state index in [4.69, 9.17) is 28.3 Å². The van der Waals surface area contributed by atoms with Gasteiger partial charge in [0, 0.05) is 5.41 Å². The maximum Gasteiger partial charge on any atom is 0.314 e. The van der Waals surface area contributed by atoms with Gasteiger partial charge in [-0.05, 0) is 0 Å². The van der Waals surface area contributed by atoms with Crippen LogP contribution in [0.3, 0.4) is 0 Å². The van der Waals surface area contributed by atoms with Gasteiger partial charge in [-0.15, -0.1) is 0 Å². The number of rotatable bonds is 4. The Kier molecular flexibility index (Phi) is 6.52. The topological polar surface area (TPSA) is 37.3 Å². The molecule has 0 atom stereocenters. The summed E-state index contributed by atoms with van der Waals surface area (Å²) in [6.07, 6.45) is 0. The van der Waals surface area contributed by atoms with E-state index < -0.39 is 5.97 Å². The fraction of sp³-hybridized carbons (Fsp3) is 0.250. The summed E-state index contributed by atoms with van der Waals surface area (Å²) in [5.74, 6) is -0.807. The van der Waals surface area contributed by atoms with Crippen molar-refractivity contribution >= 4 is 50.8 Å². The van der Waals surface area contributed by atoms with Crippen LogP contribution in [0.2, 0.25) is 0 Å². The molecule has 0 aliphatic rings. The summed E-state index contributed by atoms with van der Waals surface area (Å²) in [4.78, 5) is 9.92. The van der Waals surface area contributed by atoms with Crippen molar-refractivity contribution in [3.63, 3.8) is 0 Å². The lowest BCUT2D eigenvalue weighted by Gasteiger charge is -1.88. The van der Waals surface area contributed by atoms with Gasteiger partial charge in [0.25, 0.3) is 0 Å². The Morgan fingerprint density at radius 2 is 2.20 bits per heavy atom. The number of halogens is 2. The molecule has 0 aromatic carbocycles. The van der Waals surface area contributed by atoms with Crippen molar-refractivity contribution in [1.82, 2.24) is 0 Å². The van der Waals surface area contributed by atoms with Gasteiger partial charge in [-0.1, -0.05) is 44.8 Å². The average Bonchev–Trinajstić information content (AvgIpc) is 1.79. The summed E-state index contributed by atoms with van der Waals surface area (Å²) in [5, 5.41) is 9.63. The van der Waals surface area contributed by atoms with E-state index in [1.165, 1.54) is 16.2 Å². The second-order valence-corrected chi connectivity index (χ2v) is 4.40. The third-order valence-electron chi connectivity index (χ3n) is 0.388. The fourth-order valence-corrected chi connectivity index (χ4v) is 2.05. The monoisotopic (exact) mass is 218 g/mol. The highest BCUT2D eigenvalue weighted by Gasteiger charge is 1.94. The van der Waals surface area contributed by atoms with Crippen LogP contribution in [-0.2, 0) is 4.79 Å². The molecular weight excluding hydrogens is 215 g/mol. The number of hydrogen-bond acceptors (Lipinski definition) is 3. The first-order valence-corrected chi connectivity index (χ1v) is 5.28. The van der Waals surface area contributed by atoms with Crippen molar-refractivity contribution in [3.8, 4) is 0 Å². The number of carboxylic acids is 1. The Morgan fingerprint density at radius 3 is 2.60 bits per heavy atom. The van der Waals surface area contributed by atoms with Gasteiger partial charge < -0.3 is 5.11 Å². The fourth-order valence-electron chi connectivity index (χ4n) is 0.155. The Morgan fingerprint density at radius 1 is 1.60 bits per heavy atom. The van der Waals surface area contributed by atoms with E-state index in [1.54, 1.807) is 0 Å². The lowest BCUT2D eigenvalue weighted by molar-refractivity contribution is -0.133. The highest BCUT2D eigenvalue weighted by Crippen LogP contribution is 2.25. The highest BCUT2D eigenvalue weighted by molar-refractivity contribution is 8.78. The molecule has 1 N–H and O–H groups in total. The Balaban J connectivity index is 3.21. The Labute approximate surface area is 76.4 Å². The van der Waals surface area contributed by atoms with Gasteiger partial charge in [-0.25, -0.2) is 0 Å². The van der Waals surface area contributed by atoms with Crippen molar-refractivity contribution in [2.45, 2.75) is 0 Å². The molecule has 0 spiro atoms. The van der Waals surface area contributed by atoms with E-state index >= 15 is 0 Å². The Hall–Kier alpha value is 0.490. The van der Waals surface area contributed by atoms with Gasteiger partial charge >= 0.3 is 5.97 Å². The van der Waals surface area contributed by atoms with Gasteiger partial charge in [0.15, 0.2) is 0 Å². The van der Waals surface area contributed by atoms with Crippen LogP contribution in [0.4, 0.5) is 0 Å². The predicted molar refractivity (Wildman–Crippen MR) is 47.5 cm³/mol. The van der Waals surface area contributed by atoms with E-state index in [2.05, 4.69) is 0 Å². The van der Waals surface area contributed by atoms with Crippen LogP contribution in [0.1, 0.15) is 0 Å². The van der Waals surface area contributed by atoms with E-state index in [9.17, 15) is 4.79 Å². The molecule has 58 valence electrons. The van der Waals surface area contributed by atoms with Crippen LogP contribution in [-0.4, -0.2) is 16.8 Å². The molecular formula is C4H4Cl2O2S2. The maximum atomic E-state index is 9.92. The van der Waals surface area contributed by atoms with Gasteiger partial charge in [0.1, 0.15) is 10.2 Å². The zero-order valence-electron chi connectivity index (χ0n) is 4.71. The molecule has 2 nitrogen and oxygen atoms in total. The normalized spacial score (nSPS) is 9.00. The SMILES string of the molecule is O=C(O)CSSC=C(Cl)Cl. The molecule has 0 aromatic rings. The first-order valence-electron chi connectivity index (χ1n) is 2.14. The van der Waals surface area contributed by atoms with Crippen LogP contribution in [0.15, 0.2) is 9.90 Å². The number of carboxylic acid groups (broad SMARTS) is 1. The van der Waals surface area contributed by atoms with Crippen LogP contribution in [0, 0.1) is 0 Å². The van der Waals surface area contributed by atoms with E-state index in [0.717, 1.165) is 10.8 Å². The molecule has 0 aromatic heterocycles. The molecule has 0 aliphatic carbocycles. The summed E-state index contributed by atoms with van der Waals surface area (Å²) >= 11 is 10.5. The standard InChI is InChI=1S/C4H4Cl2O2S2/c5-3(6)1-9-10-2-4(7)8/h1H,2H2,(H,7,8). The van der Waals surface area contributed by atoms with Crippen LogP contribution in [0.25, 0.3) is 0 Å². The van der Waals surface area contributed by atoms with Crippen molar-refractivity contribution in [2.24, 2.45) is 0 Å². The molecule has 0 unspecified atom stereocenters. The summed E-state index contributed by atoms with van der Waals surface area (Å²) < 4.78 is 0.142. The van der Waals surface area contributed by atoms with E-state index in [-0.39, 0.29) is 10.2 Å². The van der Waals surface area contributed by atoms with Gasteiger partial charge in [-0.3, -0.25) is 4.79 Å². The minimum Gasteiger partial charge on any atom is -0.481 e. The van der Waals surface area contributed by atoms with Crippen molar-refractivity contribution < 1.29 is 9.90 Å². The molecule has 0 aliphatic heterocycles. The second kappa shape index (κ2) is 6.22. The van der Waals surface area contributed by atoms with Crippen LogP contribution < -0.4 is 0 Å². The molecule has 0 heterocycles. The predicted octanol–water partition coefficient (Wildman–Crippen LogP) is 2.73. The molecule has 6 heteroatoms. The summed E-state index contributed by atoms with van der Waals surface area (Å²) in [7, 11) is 2.36. The lowest BCUT2D eigenvalue weighted by Crippen LogP contribution is -1.95. The Bertz CT molecular complexity index is 144. The molecule has 0 rings (SSSR count). The minimum atomic E-state index is -0.850. The third kappa shape index (κ3) is 8.49. The average molecular weight is 219 g/mol. The molecule has 0 amide bonds. The van der Waals surface area contributed by atoms with Crippen molar-refractivity contribution in [1.29, 1.82) is 0 Å². The van der Waals surface area contributed by atoms with Crippen molar-refractivity contribution in [3.05, 3.63) is 9.90 Å². The third-order valence-corrected chi connectivity index (χ3v) is 2.75. The summed E-state index contributed by atoms with van der Waals surface area (Å²) in [6, 6.07) is 0. The molecule has 0 radical (unpaired) electrons. The molecule has 10 heavy (non-hydrogen) atoms. The quantitative estimate of drug-likeness (QED) is 0.582. The van der Waals surface area contributed by atoms with Crippen molar-refractivity contribution in [2.75, 3.05) is 5.75 Å². The molecule has 0 bridgehead atoms. The first kappa shape index (κ1) is 10.5. The largest absolute Gasteiger partial charge is 0.481 e. The summed E-state index contributed by atoms with van der Waals surface area (Å²) in [5.41, 5.74) is 0. The number of hydrogen-bond donors (Lipinski definition) is 1. The van der Waals surface area contributed by atoms with Gasteiger partial charge in [-0.2, -0.15) is 0 Å². The molecule has 0 fully saturated rings. The van der Waals surface area contributed by atoms with Gasteiger partial charge in [0.05, 0.1) is 0 Å². The minimum absolute atomic E-state index is 0.0439. The zero-order chi connectivity index (χ0) is 7.98. The maximum absolute atomic E-state index is 9.92. The smallest absolute Gasteiger partial charge is 0.314 e. The van der Waals surface area contributed by atoms with Crippen LogP contribution >= 0.6 is 44.8 Å². The second-order valence-electron chi connectivity index (χ2n) is 1.16. The van der Waals surface area contributed by atoms with Gasteiger partial charge in [0.2, 0.25) is 0 Å². The molecule has 0 saturated heterocycles.